The van der Waals surface area contributed by atoms with Crippen molar-refractivity contribution in [3.8, 4) is 5.75 Å². The van der Waals surface area contributed by atoms with Crippen molar-refractivity contribution in [2.24, 2.45) is 5.92 Å². The zero-order valence-electron chi connectivity index (χ0n) is 18.5. The molecule has 170 valence electrons. The van der Waals surface area contributed by atoms with Crippen LogP contribution in [-0.4, -0.2) is 46.5 Å². The molecule has 1 fully saturated rings. The van der Waals surface area contributed by atoms with Gasteiger partial charge in [-0.15, -0.1) is 0 Å². The number of carbonyl (C=O) groups is 2. The van der Waals surface area contributed by atoms with Crippen molar-refractivity contribution in [2.75, 3.05) is 20.2 Å². The van der Waals surface area contributed by atoms with Gasteiger partial charge in [-0.3, -0.25) is 9.59 Å². The van der Waals surface area contributed by atoms with E-state index in [-0.39, 0.29) is 24.2 Å². The first-order valence-corrected chi connectivity index (χ1v) is 11.3. The molecule has 0 spiro atoms. The molecule has 3 heterocycles. The van der Waals surface area contributed by atoms with Crippen LogP contribution in [0.5, 0.6) is 5.75 Å². The number of methoxy groups -OCH3 is 1. The molecule has 0 unspecified atom stereocenters. The molecule has 2 N–H and O–H groups in total. The molecule has 0 saturated carbocycles. The number of aromatic nitrogens is 1. The summed E-state index contributed by atoms with van der Waals surface area (Å²) < 4.78 is 7.18. The lowest BCUT2D eigenvalue weighted by molar-refractivity contribution is -0.132. The number of Topliss-reactive ketones (excluding diaryl/α,β-unsaturated/α-hetero) is 1. The van der Waals surface area contributed by atoms with Crippen molar-refractivity contribution in [3.63, 3.8) is 0 Å². The molecule has 0 bridgehead atoms. The number of fused-ring (bicyclic) bond motifs is 1. The summed E-state index contributed by atoms with van der Waals surface area (Å²) in [5.74, 6) is 1.03. The summed E-state index contributed by atoms with van der Waals surface area (Å²) >= 11 is 0. The Bertz CT molecular complexity index is 985. The number of hydrogen-bond donors (Lipinski definition) is 2. The molecule has 0 radical (unpaired) electrons. The molecule has 32 heavy (non-hydrogen) atoms. The highest BCUT2D eigenvalue weighted by Crippen LogP contribution is 2.24. The van der Waals surface area contributed by atoms with Gasteiger partial charge in [0.05, 0.1) is 20.3 Å². The molecular weight excluding hydrogens is 406 g/mol. The minimum atomic E-state index is -0.0273. The van der Waals surface area contributed by atoms with Crippen LogP contribution >= 0.6 is 0 Å². The Labute approximate surface area is 188 Å². The fraction of sp³-hybridized carbons (Fsp3) is 0.440. The minimum absolute atomic E-state index is 0.0131. The van der Waals surface area contributed by atoms with Crippen LogP contribution in [0.2, 0.25) is 0 Å². The molecule has 7 heteroatoms. The number of amides is 1. The van der Waals surface area contributed by atoms with Crippen molar-refractivity contribution in [1.29, 1.82) is 0 Å². The van der Waals surface area contributed by atoms with Crippen LogP contribution in [0, 0.1) is 5.92 Å². The number of rotatable bonds is 8. The van der Waals surface area contributed by atoms with Gasteiger partial charge in [0.1, 0.15) is 5.75 Å². The maximum atomic E-state index is 12.8. The van der Waals surface area contributed by atoms with E-state index in [1.807, 2.05) is 52.1 Å². The van der Waals surface area contributed by atoms with Gasteiger partial charge in [0.2, 0.25) is 5.91 Å². The maximum absolute atomic E-state index is 12.8. The van der Waals surface area contributed by atoms with Gasteiger partial charge >= 0.3 is 0 Å². The smallest absolute Gasteiger partial charge is 0.222 e. The van der Waals surface area contributed by atoms with Gasteiger partial charge in [-0.05, 0) is 62.1 Å². The molecule has 1 saturated heterocycles. The number of piperidine rings is 1. The van der Waals surface area contributed by atoms with Gasteiger partial charge in [-0.1, -0.05) is 0 Å². The largest absolute Gasteiger partial charge is 0.497 e. The Morgan fingerprint density at radius 3 is 2.56 bits per heavy atom. The second-order valence-corrected chi connectivity index (χ2v) is 8.45. The second-order valence-electron chi connectivity index (χ2n) is 8.45. The van der Waals surface area contributed by atoms with Gasteiger partial charge in [0.25, 0.3) is 0 Å². The normalized spacial score (nSPS) is 16.2. The van der Waals surface area contributed by atoms with E-state index in [2.05, 4.69) is 5.32 Å². The lowest BCUT2D eigenvalue weighted by Gasteiger charge is -2.31. The summed E-state index contributed by atoms with van der Waals surface area (Å²) in [5, 5.41) is 12.8. The quantitative estimate of drug-likeness (QED) is 0.620. The van der Waals surface area contributed by atoms with Crippen LogP contribution in [0.4, 0.5) is 0 Å². The van der Waals surface area contributed by atoms with E-state index in [0.29, 0.717) is 37.9 Å². The van der Waals surface area contributed by atoms with Crippen molar-refractivity contribution in [3.05, 3.63) is 59.0 Å². The van der Waals surface area contributed by atoms with Crippen LogP contribution in [0.25, 0.3) is 6.20 Å². The number of allylic oxidation sites excluding steroid dienone is 1. The van der Waals surface area contributed by atoms with E-state index in [1.54, 1.807) is 7.11 Å². The fourth-order valence-electron chi connectivity index (χ4n) is 4.51. The predicted molar refractivity (Wildman–Crippen MR) is 122 cm³/mol. The highest BCUT2D eigenvalue weighted by molar-refractivity contribution is 5.98. The van der Waals surface area contributed by atoms with Crippen molar-refractivity contribution in [1.82, 2.24) is 14.8 Å². The van der Waals surface area contributed by atoms with E-state index in [9.17, 15) is 14.7 Å². The summed E-state index contributed by atoms with van der Waals surface area (Å²) in [7, 11) is 1.61. The van der Waals surface area contributed by atoms with Gasteiger partial charge < -0.3 is 24.6 Å². The first kappa shape index (κ1) is 22.1. The Morgan fingerprint density at radius 1 is 1.12 bits per heavy atom. The second kappa shape index (κ2) is 10.0. The summed E-state index contributed by atoms with van der Waals surface area (Å²) in [5.41, 5.74) is 3.79. The van der Waals surface area contributed by atoms with Crippen LogP contribution in [0.15, 0.2) is 42.1 Å². The highest BCUT2D eigenvalue weighted by atomic mass is 16.5. The van der Waals surface area contributed by atoms with E-state index in [4.69, 9.17) is 4.74 Å². The van der Waals surface area contributed by atoms with Gasteiger partial charge in [0.15, 0.2) is 5.78 Å². The highest BCUT2D eigenvalue weighted by Gasteiger charge is 2.27. The lowest BCUT2D eigenvalue weighted by atomic mass is 9.88. The molecule has 1 aromatic carbocycles. The van der Waals surface area contributed by atoms with Crippen LogP contribution in [0.1, 0.15) is 53.8 Å². The maximum Gasteiger partial charge on any atom is 0.222 e. The fourth-order valence-corrected chi connectivity index (χ4v) is 4.51. The third-order valence-corrected chi connectivity index (χ3v) is 6.46. The number of aliphatic hydroxyl groups is 1. The van der Waals surface area contributed by atoms with Crippen molar-refractivity contribution >= 4 is 17.9 Å². The molecule has 1 aromatic heterocycles. The van der Waals surface area contributed by atoms with Crippen molar-refractivity contribution < 1.29 is 19.4 Å². The average molecular weight is 438 g/mol. The summed E-state index contributed by atoms with van der Waals surface area (Å²) in [4.78, 5) is 27.3. The van der Waals surface area contributed by atoms with E-state index < -0.39 is 0 Å². The summed E-state index contributed by atoms with van der Waals surface area (Å²) in [6.07, 6.45) is 5.51. The van der Waals surface area contributed by atoms with Crippen LogP contribution < -0.4 is 10.1 Å². The number of hydrogen-bond acceptors (Lipinski definition) is 5. The number of nitrogens with zero attached hydrogens (tertiary/aromatic N) is 2. The topological polar surface area (TPSA) is 83.8 Å². The number of nitrogens with one attached hydrogen (secondary N) is 1. The Morgan fingerprint density at radius 2 is 1.88 bits per heavy atom. The Hall–Kier alpha value is -3.06. The molecule has 2 aliphatic heterocycles. The molecule has 0 atom stereocenters. The Kier molecular flexibility index (Phi) is 6.95. The monoisotopic (exact) mass is 437 g/mol. The lowest BCUT2D eigenvalue weighted by Crippen LogP contribution is -2.40. The molecular formula is C25H31N3O4. The SMILES string of the molecule is COc1ccc(C(=O)C2CCN(C(=O)CCCC3=Cn4c(CO)ccc4CN3)CC2)cc1. The standard InChI is InChI=1S/C25H31N3O4/c1-32-23-9-5-18(6-10-23)25(31)19-11-13-27(14-12-19)24(30)4-2-3-20-16-28-21(15-26-20)7-8-22(28)17-29/h5-10,16,19,26,29H,2-4,11-15,17H2,1H3. The average Bonchev–Trinajstić information content (AvgIpc) is 3.26. The van der Waals surface area contributed by atoms with Gasteiger partial charge in [0, 0.05) is 54.3 Å². The number of likely N-dealkylation sites (tertiary alicyclic amines) is 1. The molecule has 2 aromatic rings. The third-order valence-electron chi connectivity index (χ3n) is 6.46. The zero-order valence-corrected chi connectivity index (χ0v) is 18.5. The minimum Gasteiger partial charge on any atom is -0.497 e. The summed E-state index contributed by atoms with van der Waals surface area (Å²) in [6.45, 7) is 2.02. The first-order chi connectivity index (χ1) is 15.6. The molecule has 0 aliphatic carbocycles. The molecule has 2 aliphatic rings. The molecule has 7 nitrogen and oxygen atoms in total. The third kappa shape index (κ3) is 4.88. The predicted octanol–water partition coefficient (Wildman–Crippen LogP) is 3.18. The van der Waals surface area contributed by atoms with Crippen molar-refractivity contribution in [2.45, 2.75) is 45.3 Å². The van der Waals surface area contributed by atoms with Crippen LogP contribution in [-0.2, 0) is 17.9 Å². The van der Waals surface area contributed by atoms with Gasteiger partial charge in [-0.2, -0.15) is 0 Å². The number of ether oxygens (including phenoxy) is 1. The Balaban J connectivity index is 1.22. The van der Waals surface area contributed by atoms with Gasteiger partial charge in [-0.25, -0.2) is 0 Å². The number of ketones is 1. The van der Waals surface area contributed by atoms with E-state index >= 15 is 0 Å². The number of benzene rings is 1. The van der Waals surface area contributed by atoms with E-state index in [1.165, 1.54) is 0 Å². The number of carbonyl (C=O) groups excluding carboxylic acids is 2. The molecule has 1 amide bonds. The first-order valence-electron chi connectivity index (χ1n) is 11.3. The van der Waals surface area contributed by atoms with Crippen LogP contribution in [0.3, 0.4) is 0 Å². The zero-order chi connectivity index (χ0) is 22.5. The summed E-state index contributed by atoms with van der Waals surface area (Å²) in [6, 6.07) is 11.2. The van der Waals surface area contributed by atoms with E-state index in [0.717, 1.165) is 42.2 Å². The number of aliphatic hydroxyl groups excluding tert-OH is 1. The molecule has 4 rings (SSSR count).